The first kappa shape index (κ1) is 19.4. The molecule has 1 amide bonds. The zero-order chi connectivity index (χ0) is 20.8. The Labute approximate surface area is 177 Å². The van der Waals surface area contributed by atoms with Crippen molar-refractivity contribution in [2.75, 3.05) is 0 Å². The lowest BCUT2D eigenvalue weighted by Gasteiger charge is -2.09. The number of esters is 1. The molecule has 2 heterocycles. The van der Waals surface area contributed by atoms with E-state index < -0.39 is 5.97 Å². The van der Waals surface area contributed by atoms with E-state index >= 15 is 0 Å². The summed E-state index contributed by atoms with van der Waals surface area (Å²) in [7, 11) is 0. The van der Waals surface area contributed by atoms with Crippen LogP contribution < -0.4 is 10.2 Å². The molecule has 0 fully saturated rings. The van der Waals surface area contributed by atoms with Gasteiger partial charge in [0, 0.05) is 12.4 Å². The number of rotatable bonds is 6. The van der Waals surface area contributed by atoms with Crippen LogP contribution in [0.3, 0.4) is 0 Å². The average Bonchev–Trinajstić information content (AvgIpc) is 3.48. The van der Waals surface area contributed by atoms with Gasteiger partial charge in [-0.05, 0) is 53.4 Å². The van der Waals surface area contributed by atoms with Crippen LogP contribution in [0.5, 0.6) is 5.75 Å². The molecule has 0 saturated heterocycles. The molecular formula is C23H17N3O3S. The number of hydrogen-bond donors (Lipinski definition) is 1. The van der Waals surface area contributed by atoms with Gasteiger partial charge in [-0.25, -0.2) is 10.2 Å². The van der Waals surface area contributed by atoms with E-state index in [1.807, 2.05) is 46.6 Å². The molecule has 0 atom stereocenters. The van der Waals surface area contributed by atoms with E-state index in [4.69, 9.17) is 4.74 Å². The van der Waals surface area contributed by atoms with Crippen molar-refractivity contribution in [1.82, 2.24) is 9.99 Å². The summed E-state index contributed by atoms with van der Waals surface area (Å²) in [6.07, 6.45) is 5.25. The summed E-state index contributed by atoms with van der Waals surface area (Å²) in [5, 5.41) is 5.85. The Morgan fingerprint density at radius 3 is 2.60 bits per heavy atom. The second-order valence-corrected chi connectivity index (χ2v) is 7.19. The summed E-state index contributed by atoms with van der Waals surface area (Å²) >= 11 is 1.32. The minimum atomic E-state index is -0.408. The maximum absolute atomic E-state index is 12.6. The Bertz CT molecular complexity index is 1180. The molecule has 0 unspecified atom stereocenters. The van der Waals surface area contributed by atoms with Crippen LogP contribution in [0, 0.1) is 0 Å². The van der Waals surface area contributed by atoms with Crippen LogP contribution >= 0.6 is 11.3 Å². The number of carbonyl (C=O) groups is 2. The predicted molar refractivity (Wildman–Crippen MR) is 117 cm³/mol. The third kappa shape index (κ3) is 4.53. The van der Waals surface area contributed by atoms with Crippen molar-refractivity contribution in [3.05, 3.63) is 107 Å². The van der Waals surface area contributed by atoms with Gasteiger partial charge < -0.3 is 9.30 Å². The van der Waals surface area contributed by atoms with Gasteiger partial charge in [-0.2, -0.15) is 5.10 Å². The van der Waals surface area contributed by atoms with E-state index in [2.05, 4.69) is 10.5 Å². The summed E-state index contributed by atoms with van der Waals surface area (Å²) in [5.74, 6) is -0.327. The molecule has 0 radical (unpaired) electrons. The molecule has 2 aromatic carbocycles. The topological polar surface area (TPSA) is 72.7 Å². The smallest absolute Gasteiger partial charge is 0.353 e. The highest BCUT2D eigenvalue weighted by atomic mass is 32.1. The van der Waals surface area contributed by atoms with Crippen molar-refractivity contribution in [3.8, 4) is 11.4 Å². The van der Waals surface area contributed by atoms with Crippen LogP contribution in [0.25, 0.3) is 5.69 Å². The zero-order valence-electron chi connectivity index (χ0n) is 15.8. The van der Waals surface area contributed by atoms with Crippen LogP contribution in [0.4, 0.5) is 0 Å². The van der Waals surface area contributed by atoms with Gasteiger partial charge in [-0.15, -0.1) is 11.3 Å². The van der Waals surface area contributed by atoms with Crippen molar-refractivity contribution in [2.45, 2.75) is 0 Å². The Morgan fingerprint density at radius 2 is 1.80 bits per heavy atom. The number of amides is 1. The lowest BCUT2D eigenvalue weighted by molar-refractivity contribution is 0.0739. The maximum Gasteiger partial charge on any atom is 0.353 e. The Hall–Kier alpha value is -3.97. The van der Waals surface area contributed by atoms with Gasteiger partial charge in [0.2, 0.25) is 0 Å². The number of aromatic nitrogens is 1. The van der Waals surface area contributed by atoms with Crippen molar-refractivity contribution >= 4 is 29.4 Å². The number of ether oxygens (including phenoxy) is 1. The second kappa shape index (κ2) is 9.02. The molecule has 2 aromatic heterocycles. The summed E-state index contributed by atoms with van der Waals surface area (Å²) < 4.78 is 7.24. The standard InChI is InChI=1S/C23H17N3O3S/c27-22(19-9-1-2-10-20(19)26-12-3-4-13-26)25-24-16-17-7-5-8-18(15-17)29-23(28)21-11-6-14-30-21/h1-16H,(H,25,27). The number of carbonyl (C=O) groups excluding carboxylic acids is 2. The summed E-state index contributed by atoms with van der Waals surface area (Å²) in [5.41, 5.74) is 4.50. The van der Waals surface area contributed by atoms with Crippen LogP contribution in [0.2, 0.25) is 0 Å². The third-order valence-corrected chi connectivity index (χ3v) is 5.05. The molecule has 30 heavy (non-hydrogen) atoms. The molecule has 6 nitrogen and oxygen atoms in total. The molecule has 7 heteroatoms. The first-order valence-corrected chi connectivity index (χ1v) is 10.0. The first-order valence-electron chi connectivity index (χ1n) is 9.12. The van der Waals surface area contributed by atoms with E-state index in [-0.39, 0.29) is 5.91 Å². The first-order chi connectivity index (χ1) is 14.7. The maximum atomic E-state index is 12.6. The van der Waals surface area contributed by atoms with Crippen LogP contribution in [-0.4, -0.2) is 22.7 Å². The minimum Gasteiger partial charge on any atom is -0.422 e. The van der Waals surface area contributed by atoms with Gasteiger partial charge >= 0.3 is 5.97 Å². The molecule has 0 aliphatic heterocycles. The highest BCUT2D eigenvalue weighted by Crippen LogP contribution is 2.17. The zero-order valence-corrected chi connectivity index (χ0v) is 16.6. The molecule has 148 valence electrons. The highest BCUT2D eigenvalue weighted by Gasteiger charge is 2.11. The van der Waals surface area contributed by atoms with Gasteiger partial charge in [-0.1, -0.05) is 30.3 Å². The molecule has 4 rings (SSSR count). The van der Waals surface area contributed by atoms with Gasteiger partial charge in [0.25, 0.3) is 5.91 Å². The van der Waals surface area contributed by atoms with Crippen molar-refractivity contribution in [2.24, 2.45) is 5.10 Å². The average molecular weight is 415 g/mol. The number of para-hydroxylation sites is 1. The number of thiophene rings is 1. The number of benzene rings is 2. The molecule has 0 aliphatic carbocycles. The molecule has 0 saturated carbocycles. The molecule has 0 bridgehead atoms. The van der Waals surface area contributed by atoms with E-state index in [0.717, 1.165) is 5.69 Å². The SMILES string of the molecule is O=C(Oc1cccc(C=NNC(=O)c2ccccc2-n2cccc2)c1)c1cccs1. The number of hydrazone groups is 1. The molecule has 1 N–H and O–H groups in total. The van der Waals surface area contributed by atoms with E-state index in [1.54, 1.807) is 48.5 Å². The summed E-state index contributed by atoms with van der Waals surface area (Å²) in [6, 6.07) is 21.5. The third-order valence-electron chi connectivity index (χ3n) is 4.20. The number of nitrogens with zero attached hydrogens (tertiary/aromatic N) is 2. The largest absolute Gasteiger partial charge is 0.422 e. The van der Waals surface area contributed by atoms with Crippen molar-refractivity contribution in [1.29, 1.82) is 0 Å². The fourth-order valence-corrected chi connectivity index (χ4v) is 3.42. The van der Waals surface area contributed by atoms with Gasteiger partial charge in [0.15, 0.2) is 0 Å². The van der Waals surface area contributed by atoms with Crippen LogP contribution in [0.1, 0.15) is 25.6 Å². The Balaban J connectivity index is 1.43. The number of nitrogens with one attached hydrogen (secondary N) is 1. The predicted octanol–water partition coefficient (Wildman–Crippen LogP) is 4.52. The van der Waals surface area contributed by atoms with Crippen LogP contribution in [-0.2, 0) is 0 Å². The molecule has 4 aromatic rings. The minimum absolute atomic E-state index is 0.323. The van der Waals surface area contributed by atoms with E-state index in [1.165, 1.54) is 17.6 Å². The normalized spacial score (nSPS) is 10.8. The van der Waals surface area contributed by atoms with E-state index in [9.17, 15) is 9.59 Å². The van der Waals surface area contributed by atoms with Gasteiger partial charge in [0.1, 0.15) is 10.6 Å². The Kier molecular flexibility index (Phi) is 5.82. The summed E-state index contributed by atoms with van der Waals surface area (Å²) in [4.78, 5) is 25.2. The summed E-state index contributed by atoms with van der Waals surface area (Å²) in [6.45, 7) is 0. The fourth-order valence-electron chi connectivity index (χ4n) is 2.82. The van der Waals surface area contributed by atoms with Crippen molar-refractivity contribution in [3.63, 3.8) is 0 Å². The van der Waals surface area contributed by atoms with E-state index in [0.29, 0.717) is 21.8 Å². The van der Waals surface area contributed by atoms with Gasteiger partial charge in [0.05, 0.1) is 17.5 Å². The molecule has 0 aliphatic rings. The number of hydrogen-bond acceptors (Lipinski definition) is 5. The highest BCUT2D eigenvalue weighted by molar-refractivity contribution is 7.12. The van der Waals surface area contributed by atoms with Crippen molar-refractivity contribution < 1.29 is 14.3 Å². The fraction of sp³-hybridized carbons (Fsp3) is 0. The van der Waals surface area contributed by atoms with Gasteiger partial charge in [-0.3, -0.25) is 4.79 Å². The van der Waals surface area contributed by atoms with Crippen LogP contribution in [0.15, 0.2) is 95.7 Å². The monoisotopic (exact) mass is 415 g/mol. The quantitative estimate of drug-likeness (QED) is 0.218. The lowest BCUT2D eigenvalue weighted by Crippen LogP contribution is -2.19. The lowest BCUT2D eigenvalue weighted by atomic mass is 10.1. The molecule has 0 spiro atoms. The molecular weight excluding hydrogens is 398 g/mol. The Morgan fingerprint density at radius 1 is 0.967 bits per heavy atom. The second-order valence-electron chi connectivity index (χ2n) is 6.25.